The van der Waals surface area contributed by atoms with E-state index in [2.05, 4.69) is 5.32 Å². The van der Waals surface area contributed by atoms with Gasteiger partial charge >= 0.3 is 0 Å². The number of carbonyl (C=O) groups excluding carboxylic acids is 2. The van der Waals surface area contributed by atoms with Crippen molar-refractivity contribution in [2.24, 2.45) is 0 Å². The van der Waals surface area contributed by atoms with E-state index >= 15 is 0 Å². The molecule has 0 radical (unpaired) electrons. The Hall–Kier alpha value is -3.76. The second-order valence-electron chi connectivity index (χ2n) is 10.9. The predicted octanol–water partition coefficient (Wildman–Crippen LogP) is 7.41. The van der Waals surface area contributed by atoms with Crippen LogP contribution in [0.3, 0.4) is 0 Å². The van der Waals surface area contributed by atoms with E-state index in [1.807, 2.05) is 44.2 Å². The first kappa shape index (κ1) is 36.1. The highest BCUT2D eigenvalue weighted by Gasteiger charge is 2.35. The van der Waals surface area contributed by atoms with Crippen molar-refractivity contribution in [2.75, 3.05) is 18.0 Å². The number of halogens is 3. The molecule has 0 aliphatic rings. The van der Waals surface area contributed by atoms with Crippen LogP contribution in [0.2, 0.25) is 15.1 Å². The van der Waals surface area contributed by atoms with E-state index in [1.165, 1.54) is 42.3 Å². The minimum absolute atomic E-state index is 0.0614. The van der Waals surface area contributed by atoms with Gasteiger partial charge in [0.05, 0.1) is 17.7 Å². The molecule has 0 unspecified atom stereocenters. The standard InChI is InChI=1S/C35H36Cl3N3O5S/c1-4-24(2)39-35(43)33(19-25-9-6-5-7-10-25)40(22-26-13-14-28(37)21-32(26)38)34(42)23-41(29-12-8-11-27(36)20-29)47(44,45)31-17-15-30(46-3)16-18-31/h5-18,20-21,24,33H,4,19,22-23H2,1-3H3,(H,39,43)/t24-,33+/m0/s1. The Balaban J connectivity index is 1.83. The highest BCUT2D eigenvalue weighted by atomic mass is 35.5. The van der Waals surface area contributed by atoms with Gasteiger partial charge in [-0.05, 0) is 79.1 Å². The third-order valence-corrected chi connectivity index (χ3v) is 10.3. The van der Waals surface area contributed by atoms with Crippen molar-refractivity contribution >= 4 is 62.3 Å². The molecule has 0 aromatic heterocycles. The lowest BCUT2D eigenvalue weighted by atomic mass is 10.0. The zero-order valence-corrected chi connectivity index (χ0v) is 29.3. The van der Waals surface area contributed by atoms with Crippen LogP contribution >= 0.6 is 34.8 Å². The maximum absolute atomic E-state index is 14.6. The first-order valence-corrected chi connectivity index (χ1v) is 17.5. The molecule has 4 aromatic rings. The van der Waals surface area contributed by atoms with E-state index in [-0.39, 0.29) is 40.5 Å². The summed E-state index contributed by atoms with van der Waals surface area (Å²) in [5.74, 6) is -0.543. The van der Waals surface area contributed by atoms with Gasteiger partial charge in [-0.3, -0.25) is 13.9 Å². The van der Waals surface area contributed by atoms with Gasteiger partial charge in [0, 0.05) is 34.1 Å². The van der Waals surface area contributed by atoms with E-state index in [1.54, 1.807) is 36.4 Å². The molecule has 4 aromatic carbocycles. The fraction of sp³-hybridized carbons (Fsp3) is 0.257. The van der Waals surface area contributed by atoms with Crippen molar-refractivity contribution in [3.05, 3.63) is 123 Å². The second-order valence-corrected chi connectivity index (χ2v) is 14.1. The molecule has 2 atom stereocenters. The summed E-state index contributed by atoms with van der Waals surface area (Å²) >= 11 is 19.0. The molecule has 0 fully saturated rings. The third-order valence-electron chi connectivity index (χ3n) is 7.65. The monoisotopic (exact) mass is 715 g/mol. The number of amides is 2. The molecule has 0 heterocycles. The fourth-order valence-corrected chi connectivity index (χ4v) is 6.92. The smallest absolute Gasteiger partial charge is 0.264 e. The second kappa shape index (κ2) is 16.4. The Morgan fingerprint density at radius 1 is 0.872 bits per heavy atom. The predicted molar refractivity (Wildman–Crippen MR) is 188 cm³/mol. The molecule has 0 aliphatic carbocycles. The van der Waals surface area contributed by atoms with Gasteiger partial charge in [0.1, 0.15) is 18.3 Å². The van der Waals surface area contributed by atoms with Crippen molar-refractivity contribution in [1.82, 2.24) is 10.2 Å². The Morgan fingerprint density at radius 2 is 1.55 bits per heavy atom. The SMILES string of the molecule is CC[C@H](C)NC(=O)[C@@H](Cc1ccccc1)N(Cc1ccc(Cl)cc1Cl)C(=O)CN(c1cccc(Cl)c1)S(=O)(=O)c1ccc(OC)cc1. The van der Waals surface area contributed by atoms with Gasteiger partial charge in [0.25, 0.3) is 10.0 Å². The molecule has 12 heteroatoms. The summed E-state index contributed by atoms with van der Waals surface area (Å²) < 4.78 is 34.6. The Bertz CT molecular complexity index is 1790. The third kappa shape index (κ3) is 9.41. The van der Waals surface area contributed by atoms with Gasteiger partial charge < -0.3 is 15.0 Å². The summed E-state index contributed by atoms with van der Waals surface area (Å²) in [6.45, 7) is 3.09. The van der Waals surface area contributed by atoms with Crippen molar-refractivity contribution in [2.45, 2.75) is 50.2 Å². The Labute approximate surface area is 291 Å². The molecule has 0 saturated heterocycles. The summed E-state index contributed by atoms with van der Waals surface area (Å²) in [5.41, 5.74) is 1.52. The summed E-state index contributed by atoms with van der Waals surface area (Å²) in [7, 11) is -2.83. The first-order valence-electron chi connectivity index (χ1n) is 14.9. The zero-order chi connectivity index (χ0) is 34.1. The molecule has 0 spiro atoms. The number of hydrogen-bond donors (Lipinski definition) is 1. The first-order chi connectivity index (χ1) is 22.4. The number of carbonyl (C=O) groups is 2. The lowest BCUT2D eigenvalue weighted by Gasteiger charge is -2.34. The fourth-order valence-electron chi connectivity index (χ4n) is 4.86. The van der Waals surface area contributed by atoms with Crippen molar-refractivity contribution in [1.29, 1.82) is 0 Å². The molecule has 248 valence electrons. The quantitative estimate of drug-likeness (QED) is 0.147. The summed E-state index contributed by atoms with van der Waals surface area (Å²) in [6.07, 6.45) is 0.839. The molecule has 2 amide bonds. The number of ether oxygens (including phenoxy) is 1. The number of anilines is 1. The summed E-state index contributed by atoms with van der Waals surface area (Å²) in [5, 5.41) is 3.99. The van der Waals surface area contributed by atoms with E-state index in [0.29, 0.717) is 27.8 Å². The molecule has 4 rings (SSSR count). The summed E-state index contributed by atoms with van der Waals surface area (Å²) in [6, 6.07) is 25.1. The number of benzene rings is 4. The molecule has 0 bridgehead atoms. The van der Waals surface area contributed by atoms with Crippen LogP contribution < -0.4 is 14.4 Å². The van der Waals surface area contributed by atoms with Gasteiger partial charge in [-0.25, -0.2) is 8.42 Å². The molecule has 47 heavy (non-hydrogen) atoms. The van der Waals surface area contributed by atoms with Gasteiger partial charge in [0.15, 0.2) is 0 Å². The van der Waals surface area contributed by atoms with Gasteiger partial charge in [-0.1, -0.05) is 84.2 Å². The minimum Gasteiger partial charge on any atom is -0.497 e. The molecular formula is C35H36Cl3N3O5S. The van der Waals surface area contributed by atoms with Gasteiger partial charge in [0.2, 0.25) is 11.8 Å². The van der Waals surface area contributed by atoms with E-state index in [9.17, 15) is 18.0 Å². The van der Waals surface area contributed by atoms with Crippen LogP contribution in [0, 0.1) is 0 Å². The van der Waals surface area contributed by atoms with E-state index < -0.39 is 28.5 Å². The number of methoxy groups -OCH3 is 1. The largest absolute Gasteiger partial charge is 0.497 e. The highest BCUT2D eigenvalue weighted by molar-refractivity contribution is 7.92. The van der Waals surface area contributed by atoms with Crippen LogP contribution in [0.25, 0.3) is 0 Å². The Kier molecular flexibility index (Phi) is 12.6. The maximum Gasteiger partial charge on any atom is 0.264 e. The molecular weight excluding hydrogens is 681 g/mol. The molecule has 1 N–H and O–H groups in total. The highest BCUT2D eigenvalue weighted by Crippen LogP contribution is 2.29. The number of rotatable bonds is 14. The van der Waals surface area contributed by atoms with E-state index in [4.69, 9.17) is 39.5 Å². The normalized spacial score (nSPS) is 12.6. The average molecular weight is 717 g/mol. The zero-order valence-electron chi connectivity index (χ0n) is 26.2. The number of nitrogens with one attached hydrogen (secondary N) is 1. The number of sulfonamides is 1. The maximum atomic E-state index is 14.6. The van der Waals surface area contributed by atoms with Crippen LogP contribution in [0.1, 0.15) is 31.4 Å². The van der Waals surface area contributed by atoms with Crippen LogP contribution in [0.15, 0.2) is 102 Å². The lowest BCUT2D eigenvalue weighted by Crippen LogP contribution is -2.54. The average Bonchev–Trinajstić information content (AvgIpc) is 3.06. The van der Waals surface area contributed by atoms with Crippen molar-refractivity contribution < 1.29 is 22.7 Å². The summed E-state index contributed by atoms with van der Waals surface area (Å²) in [4.78, 5) is 29.8. The molecule has 0 saturated carbocycles. The number of nitrogens with zero attached hydrogens (tertiary/aromatic N) is 2. The topological polar surface area (TPSA) is 96.0 Å². The van der Waals surface area contributed by atoms with Crippen molar-refractivity contribution in [3.63, 3.8) is 0 Å². The minimum atomic E-state index is -4.31. The lowest BCUT2D eigenvalue weighted by molar-refractivity contribution is -0.140. The van der Waals surface area contributed by atoms with Crippen LogP contribution in [0.4, 0.5) is 5.69 Å². The van der Waals surface area contributed by atoms with Gasteiger partial charge in [-0.2, -0.15) is 0 Å². The van der Waals surface area contributed by atoms with Crippen LogP contribution in [0.5, 0.6) is 5.75 Å². The van der Waals surface area contributed by atoms with Crippen molar-refractivity contribution in [3.8, 4) is 5.75 Å². The van der Waals surface area contributed by atoms with Gasteiger partial charge in [-0.15, -0.1) is 0 Å². The molecule has 0 aliphatic heterocycles. The van der Waals surface area contributed by atoms with E-state index in [0.717, 1.165) is 9.87 Å². The Morgan fingerprint density at radius 3 is 2.17 bits per heavy atom. The number of hydrogen-bond acceptors (Lipinski definition) is 5. The van der Waals surface area contributed by atoms with Crippen LogP contribution in [-0.2, 0) is 32.6 Å². The molecule has 8 nitrogen and oxygen atoms in total. The van der Waals surface area contributed by atoms with Crippen LogP contribution in [-0.4, -0.2) is 50.9 Å².